The minimum Gasteiger partial charge on any atom is -0.496 e. The topological polar surface area (TPSA) is 48.7 Å². The van der Waals surface area contributed by atoms with Crippen molar-refractivity contribution < 1.29 is 18.7 Å². The number of furan rings is 1. The van der Waals surface area contributed by atoms with E-state index in [-0.39, 0.29) is 0 Å². The maximum atomic E-state index is 11.8. The highest BCUT2D eigenvalue weighted by Crippen LogP contribution is 2.25. The predicted octanol–water partition coefficient (Wildman–Crippen LogP) is 3.82. The van der Waals surface area contributed by atoms with Crippen molar-refractivity contribution in [2.24, 2.45) is 0 Å². The molecule has 0 amide bonds. The average molecular weight is 296 g/mol. The Morgan fingerprint density at radius 3 is 2.64 bits per heavy atom. The Kier molecular flexibility index (Phi) is 3.83. The number of benzene rings is 2. The first-order chi connectivity index (χ1) is 10.7. The Balaban J connectivity index is 1.93. The molecule has 0 aliphatic heterocycles. The Morgan fingerprint density at radius 1 is 1.09 bits per heavy atom. The number of para-hydroxylation sites is 1. The largest absolute Gasteiger partial charge is 0.496 e. The zero-order valence-electron chi connectivity index (χ0n) is 12.5. The van der Waals surface area contributed by atoms with Crippen LogP contribution in [-0.4, -0.2) is 20.2 Å². The standard InChI is InChI=1S/C18H16O4/c1-20-17-8-7-12(10-15(17)18(19)21-2)9-14-11-13-5-3-4-6-16(13)22-14/h3-8,10-11H,9H2,1-2H3. The van der Waals surface area contributed by atoms with Crippen molar-refractivity contribution in [1.82, 2.24) is 0 Å². The van der Waals surface area contributed by atoms with E-state index >= 15 is 0 Å². The number of carbonyl (C=O) groups is 1. The van der Waals surface area contributed by atoms with Gasteiger partial charge in [-0.2, -0.15) is 0 Å². The number of methoxy groups -OCH3 is 2. The van der Waals surface area contributed by atoms with Crippen LogP contribution in [0.25, 0.3) is 11.0 Å². The van der Waals surface area contributed by atoms with Gasteiger partial charge in [0, 0.05) is 11.8 Å². The molecule has 2 aromatic carbocycles. The molecule has 0 fully saturated rings. The molecule has 0 spiro atoms. The van der Waals surface area contributed by atoms with Gasteiger partial charge in [-0.1, -0.05) is 24.3 Å². The van der Waals surface area contributed by atoms with Gasteiger partial charge in [0.2, 0.25) is 0 Å². The van der Waals surface area contributed by atoms with E-state index in [9.17, 15) is 4.79 Å². The van der Waals surface area contributed by atoms with Crippen LogP contribution in [0.15, 0.2) is 52.9 Å². The van der Waals surface area contributed by atoms with E-state index < -0.39 is 5.97 Å². The normalized spacial score (nSPS) is 10.6. The summed E-state index contributed by atoms with van der Waals surface area (Å²) < 4.78 is 15.8. The van der Waals surface area contributed by atoms with Crippen molar-refractivity contribution in [3.05, 3.63) is 65.4 Å². The summed E-state index contributed by atoms with van der Waals surface area (Å²) in [6, 6.07) is 15.3. The minimum absolute atomic E-state index is 0.414. The third-order valence-electron chi connectivity index (χ3n) is 3.52. The fraction of sp³-hybridized carbons (Fsp3) is 0.167. The lowest BCUT2D eigenvalue weighted by Gasteiger charge is -2.08. The van der Waals surface area contributed by atoms with Crippen LogP contribution in [0.1, 0.15) is 21.7 Å². The Hall–Kier alpha value is -2.75. The zero-order chi connectivity index (χ0) is 15.5. The van der Waals surface area contributed by atoms with Gasteiger partial charge in [0.1, 0.15) is 22.7 Å². The van der Waals surface area contributed by atoms with Crippen molar-refractivity contribution >= 4 is 16.9 Å². The van der Waals surface area contributed by atoms with E-state index in [1.807, 2.05) is 36.4 Å². The second-order valence-electron chi connectivity index (χ2n) is 4.95. The summed E-state index contributed by atoms with van der Waals surface area (Å²) in [6.45, 7) is 0. The molecule has 0 unspecified atom stereocenters. The third-order valence-corrected chi connectivity index (χ3v) is 3.52. The molecule has 22 heavy (non-hydrogen) atoms. The molecule has 0 saturated heterocycles. The Labute approximate surface area is 128 Å². The second kappa shape index (κ2) is 5.93. The zero-order valence-corrected chi connectivity index (χ0v) is 12.5. The van der Waals surface area contributed by atoms with E-state index in [0.29, 0.717) is 17.7 Å². The van der Waals surface area contributed by atoms with Crippen molar-refractivity contribution in [3.8, 4) is 5.75 Å². The van der Waals surface area contributed by atoms with Crippen molar-refractivity contribution in [2.45, 2.75) is 6.42 Å². The lowest BCUT2D eigenvalue weighted by molar-refractivity contribution is 0.0597. The van der Waals surface area contributed by atoms with Crippen LogP contribution in [0.3, 0.4) is 0 Å². The molecular formula is C18H16O4. The molecular weight excluding hydrogens is 280 g/mol. The van der Waals surface area contributed by atoms with Gasteiger partial charge < -0.3 is 13.9 Å². The maximum absolute atomic E-state index is 11.8. The molecule has 0 aliphatic carbocycles. The summed E-state index contributed by atoms with van der Waals surface area (Å²) in [5.41, 5.74) is 2.23. The summed E-state index contributed by atoms with van der Waals surface area (Å²) in [5, 5.41) is 1.07. The van der Waals surface area contributed by atoms with Crippen molar-refractivity contribution in [2.75, 3.05) is 14.2 Å². The van der Waals surface area contributed by atoms with E-state index in [1.54, 1.807) is 12.1 Å². The van der Waals surface area contributed by atoms with Gasteiger partial charge in [-0.3, -0.25) is 0 Å². The van der Waals surface area contributed by atoms with Gasteiger partial charge in [-0.05, 0) is 29.8 Å². The summed E-state index contributed by atoms with van der Waals surface area (Å²) in [4.78, 5) is 11.8. The summed E-state index contributed by atoms with van der Waals surface area (Å²) in [6.07, 6.45) is 0.600. The first-order valence-corrected chi connectivity index (χ1v) is 6.94. The fourth-order valence-electron chi connectivity index (χ4n) is 2.46. The van der Waals surface area contributed by atoms with E-state index in [2.05, 4.69) is 0 Å². The Bertz CT molecular complexity index is 784. The molecule has 0 aliphatic rings. The highest BCUT2D eigenvalue weighted by molar-refractivity contribution is 5.92. The van der Waals surface area contributed by atoms with Crippen LogP contribution >= 0.6 is 0 Å². The molecule has 4 nitrogen and oxygen atoms in total. The summed E-state index contributed by atoms with van der Waals surface area (Å²) in [5.74, 6) is 0.936. The molecule has 0 radical (unpaired) electrons. The lowest BCUT2D eigenvalue weighted by Crippen LogP contribution is -2.05. The number of esters is 1. The molecule has 3 rings (SSSR count). The SMILES string of the molecule is COC(=O)c1cc(Cc2cc3ccccc3o2)ccc1OC. The molecule has 0 bridgehead atoms. The van der Waals surface area contributed by atoms with Crippen LogP contribution in [0.2, 0.25) is 0 Å². The first kappa shape index (κ1) is 14.2. The highest BCUT2D eigenvalue weighted by atomic mass is 16.5. The second-order valence-corrected chi connectivity index (χ2v) is 4.95. The third kappa shape index (κ3) is 2.68. The van der Waals surface area contributed by atoms with Crippen LogP contribution < -0.4 is 4.74 Å². The molecule has 1 aromatic heterocycles. The minimum atomic E-state index is -0.414. The number of hydrogen-bond acceptors (Lipinski definition) is 4. The highest BCUT2D eigenvalue weighted by Gasteiger charge is 2.14. The van der Waals surface area contributed by atoms with Crippen LogP contribution in [0.4, 0.5) is 0 Å². The van der Waals surface area contributed by atoms with Crippen LogP contribution in [0.5, 0.6) is 5.75 Å². The first-order valence-electron chi connectivity index (χ1n) is 6.94. The van der Waals surface area contributed by atoms with Gasteiger partial charge >= 0.3 is 5.97 Å². The van der Waals surface area contributed by atoms with Gasteiger partial charge in [0.25, 0.3) is 0 Å². The van der Waals surface area contributed by atoms with Gasteiger partial charge in [-0.15, -0.1) is 0 Å². The monoisotopic (exact) mass is 296 g/mol. The molecule has 0 saturated carbocycles. The predicted molar refractivity (Wildman–Crippen MR) is 83.4 cm³/mol. The molecule has 4 heteroatoms. The number of hydrogen-bond donors (Lipinski definition) is 0. The smallest absolute Gasteiger partial charge is 0.341 e. The number of carbonyl (C=O) groups excluding carboxylic acids is 1. The molecule has 0 N–H and O–H groups in total. The van der Waals surface area contributed by atoms with Gasteiger partial charge in [0.05, 0.1) is 14.2 Å². The van der Waals surface area contributed by atoms with E-state index in [0.717, 1.165) is 22.3 Å². The summed E-state index contributed by atoms with van der Waals surface area (Å²) in [7, 11) is 2.88. The van der Waals surface area contributed by atoms with Crippen LogP contribution in [0, 0.1) is 0 Å². The maximum Gasteiger partial charge on any atom is 0.341 e. The molecule has 1 heterocycles. The van der Waals surface area contributed by atoms with Crippen LogP contribution in [-0.2, 0) is 11.2 Å². The molecule has 0 atom stereocenters. The number of rotatable bonds is 4. The van der Waals surface area contributed by atoms with Gasteiger partial charge in [0.15, 0.2) is 0 Å². The van der Waals surface area contributed by atoms with Gasteiger partial charge in [-0.25, -0.2) is 4.79 Å². The van der Waals surface area contributed by atoms with E-state index in [4.69, 9.17) is 13.9 Å². The van der Waals surface area contributed by atoms with Crippen molar-refractivity contribution in [3.63, 3.8) is 0 Å². The quantitative estimate of drug-likeness (QED) is 0.687. The van der Waals surface area contributed by atoms with Crippen molar-refractivity contribution in [1.29, 1.82) is 0 Å². The average Bonchev–Trinajstić information content (AvgIpc) is 2.96. The number of ether oxygens (including phenoxy) is 2. The summed E-state index contributed by atoms with van der Waals surface area (Å²) >= 11 is 0. The Morgan fingerprint density at radius 2 is 1.91 bits per heavy atom. The molecule has 3 aromatic rings. The van der Waals surface area contributed by atoms with E-state index in [1.165, 1.54) is 14.2 Å². The lowest BCUT2D eigenvalue weighted by atomic mass is 10.1. The fourth-order valence-corrected chi connectivity index (χ4v) is 2.46. The molecule has 112 valence electrons. The number of fused-ring (bicyclic) bond motifs is 1.